The summed E-state index contributed by atoms with van der Waals surface area (Å²) >= 11 is 0. The Morgan fingerprint density at radius 2 is 1.74 bits per heavy atom. The summed E-state index contributed by atoms with van der Waals surface area (Å²) in [6.45, 7) is 0.882. The molecule has 7 nitrogen and oxygen atoms in total. The van der Waals surface area contributed by atoms with Crippen molar-refractivity contribution in [1.29, 1.82) is 0 Å². The minimum atomic E-state index is -3.79. The number of fused-ring (bicyclic) bond motifs is 1. The van der Waals surface area contributed by atoms with Crippen LogP contribution in [0.5, 0.6) is 11.5 Å². The Morgan fingerprint density at radius 3 is 2.51 bits per heavy atom. The van der Waals surface area contributed by atoms with Crippen LogP contribution < -0.4 is 13.8 Å². The number of anilines is 1. The number of carbonyl (C=O) groups excluding carboxylic acids is 1. The van der Waals surface area contributed by atoms with Gasteiger partial charge in [0, 0.05) is 25.7 Å². The number of methoxy groups -OCH3 is 2. The molecule has 0 fully saturated rings. The first-order valence-electron chi connectivity index (χ1n) is 11.5. The molecule has 0 saturated carbocycles. The van der Waals surface area contributed by atoms with Crippen LogP contribution in [0.3, 0.4) is 0 Å². The zero-order valence-electron chi connectivity index (χ0n) is 20.2. The van der Waals surface area contributed by atoms with E-state index < -0.39 is 10.0 Å². The third kappa shape index (κ3) is 5.12. The first-order valence-corrected chi connectivity index (χ1v) is 13.0. The fraction of sp³-hybridized carbons (Fsp3) is 0.296. The number of amides is 1. The number of sulfonamides is 1. The van der Waals surface area contributed by atoms with Gasteiger partial charge in [-0.15, -0.1) is 0 Å². The van der Waals surface area contributed by atoms with E-state index in [2.05, 4.69) is 0 Å². The van der Waals surface area contributed by atoms with Gasteiger partial charge in [0.1, 0.15) is 0 Å². The van der Waals surface area contributed by atoms with Crippen molar-refractivity contribution >= 4 is 21.6 Å². The maximum atomic E-state index is 13.5. The number of hydrogen-bond donors (Lipinski definition) is 0. The number of hydrogen-bond acceptors (Lipinski definition) is 5. The molecule has 3 aromatic rings. The van der Waals surface area contributed by atoms with Gasteiger partial charge in [-0.3, -0.25) is 9.10 Å². The van der Waals surface area contributed by atoms with Crippen molar-refractivity contribution in [1.82, 2.24) is 4.90 Å². The molecule has 1 aliphatic heterocycles. The molecule has 0 atom stereocenters. The summed E-state index contributed by atoms with van der Waals surface area (Å²) < 4.78 is 39.1. The predicted molar refractivity (Wildman–Crippen MR) is 136 cm³/mol. The molecule has 1 aliphatic rings. The lowest BCUT2D eigenvalue weighted by molar-refractivity contribution is 0.0796. The lowest BCUT2D eigenvalue weighted by Gasteiger charge is -2.30. The number of carbonyl (C=O) groups is 1. The van der Waals surface area contributed by atoms with Crippen LogP contribution in [-0.4, -0.2) is 53.6 Å². The summed E-state index contributed by atoms with van der Waals surface area (Å²) in [5.74, 6) is 1.05. The highest BCUT2D eigenvalue weighted by atomic mass is 32.2. The number of rotatable bonds is 8. The summed E-state index contributed by atoms with van der Waals surface area (Å²) in [5.41, 5.74) is 3.07. The van der Waals surface area contributed by atoms with Gasteiger partial charge in [-0.05, 0) is 66.8 Å². The van der Waals surface area contributed by atoms with Gasteiger partial charge in [0.15, 0.2) is 11.5 Å². The second-order valence-corrected chi connectivity index (χ2v) is 10.4. The molecule has 0 radical (unpaired) electrons. The van der Waals surface area contributed by atoms with Gasteiger partial charge >= 0.3 is 0 Å². The molecular formula is C27H30N2O5S. The number of likely N-dealkylation sites (N-methyl/N-ethyl adjacent to an activating group) is 1. The summed E-state index contributed by atoms with van der Waals surface area (Å²) in [4.78, 5) is 14.8. The second-order valence-electron chi connectivity index (χ2n) is 8.50. The van der Waals surface area contributed by atoms with Crippen LogP contribution in [0.15, 0.2) is 71.6 Å². The molecule has 8 heteroatoms. The van der Waals surface area contributed by atoms with E-state index in [1.165, 1.54) is 10.4 Å². The Bertz CT molecular complexity index is 1320. The number of benzene rings is 3. The zero-order chi connectivity index (χ0) is 25.0. The molecule has 3 aromatic carbocycles. The van der Waals surface area contributed by atoms with E-state index in [4.69, 9.17) is 9.47 Å². The van der Waals surface area contributed by atoms with E-state index in [9.17, 15) is 13.2 Å². The second kappa shape index (κ2) is 10.4. The Hall–Kier alpha value is -3.52. The Morgan fingerprint density at radius 1 is 0.971 bits per heavy atom. The molecule has 1 amide bonds. The van der Waals surface area contributed by atoms with Crippen molar-refractivity contribution in [2.75, 3.05) is 38.7 Å². The van der Waals surface area contributed by atoms with Crippen LogP contribution in [0.2, 0.25) is 0 Å². The molecule has 35 heavy (non-hydrogen) atoms. The molecule has 0 spiro atoms. The molecule has 0 N–H and O–H groups in total. The minimum Gasteiger partial charge on any atom is -0.493 e. The Balaban J connectivity index is 1.50. The SMILES string of the molecule is COc1ccc(CCN(C)C(=O)c2cccc(S(=O)(=O)N3CCCc4ccccc43)c2)cc1OC. The standard InChI is InChI=1S/C27H30N2O5S/c1-28(17-15-20-13-14-25(33-2)26(18-20)34-3)27(30)22-9-6-11-23(19-22)35(31,32)29-16-7-10-21-8-4-5-12-24(21)29/h4-6,8-9,11-14,18-19H,7,10,15-17H2,1-3H3. The fourth-order valence-corrected chi connectivity index (χ4v) is 5.91. The van der Waals surface area contributed by atoms with Crippen LogP contribution in [0.4, 0.5) is 5.69 Å². The highest BCUT2D eigenvalue weighted by molar-refractivity contribution is 7.92. The smallest absolute Gasteiger partial charge is 0.264 e. The van der Waals surface area contributed by atoms with E-state index >= 15 is 0 Å². The third-order valence-corrected chi connectivity index (χ3v) is 8.08. The number of aryl methyl sites for hydroxylation is 1. The van der Waals surface area contributed by atoms with Crippen molar-refractivity contribution in [3.8, 4) is 11.5 Å². The van der Waals surface area contributed by atoms with Crippen LogP contribution in [0.25, 0.3) is 0 Å². The van der Waals surface area contributed by atoms with E-state index in [0.29, 0.717) is 42.3 Å². The van der Waals surface area contributed by atoms with Gasteiger partial charge in [-0.1, -0.05) is 30.3 Å². The van der Waals surface area contributed by atoms with E-state index in [-0.39, 0.29) is 10.8 Å². The molecule has 4 rings (SSSR count). The first kappa shape index (κ1) is 24.6. The van der Waals surface area contributed by atoms with E-state index in [0.717, 1.165) is 24.0 Å². The summed E-state index contributed by atoms with van der Waals surface area (Å²) in [5, 5.41) is 0. The van der Waals surface area contributed by atoms with Gasteiger partial charge in [-0.25, -0.2) is 8.42 Å². The van der Waals surface area contributed by atoms with Crippen LogP contribution in [0, 0.1) is 0 Å². The van der Waals surface area contributed by atoms with Gasteiger partial charge in [0.25, 0.3) is 15.9 Å². The monoisotopic (exact) mass is 494 g/mol. The van der Waals surface area contributed by atoms with Gasteiger partial charge in [0.2, 0.25) is 0 Å². The topological polar surface area (TPSA) is 76.2 Å². The predicted octanol–water partition coefficient (Wildman–Crippen LogP) is 4.16. The molecule has 184 valence electrons. The van der Waals surface area contributed by atoms with Crippen molar-refractivity contribution in [2.45, 2.75) is 24.2 Å². The van der Waals surface area contributed by atoms with Crippen molar-refractivity contribution in [3.63, 3.8) is 0 Å². The first-order chi connectivity index (χ1) is 16.8. The van der Waals surface area contributed by atoms with Gasteiger partial charge in [0.05, 0.1) is 24.8 Å². The Labute approximate surface area is 206 Å². The number of nitrogens with zero attached hydrogens (tertiary/aromatic N) is 2. The lowest BCUT2D eigenvalue weighted by atomic mass is 10.0. The molecule has 0 bridgehead atoms. The van der Waals surface area contributed by atoms with Gasteiger partial charge in [-0.2, -0.15) is 0 Å². The third-order valence-electron chi connectivity index (χ3n) is 6.27. The maximum Gasteiger partial charge on any atom is 0.264 e. The largest absolute Gasteiger partial charge is 0.493 e. The normalized spacial score (nSPS) is 13.2. The zero-order valence-corrected chi connectivity index (χ0v) is 21.0. The fourth-order valence-electron chi connectivity index (χ4n) is 4.32. The maximum absolute atomic E-state index is 13.5. The highest BCUT2D eigenvalue weighted by Gasteiger charge is 2.29. The average Bonchev–Trinajstić information content (AvgIpc) is 2.90. The van der Waals surface area contributed by atoms with Crippen molar-refractivity contribution in [2.24, 2.45) is 0 Å². The Kier molecular flexibility index (Phi) is 7.31. The lowest BCUT2D eigenvalue weighted by Crippen LogP contribution is -2.35. The highest BCUT2D eigenvalue weighted by Crippen LogP contribution is 2.32. The molecule has 0 aromatic heterocycles. The quantitative estimate of drug-likeness (QED) is 0.470. The van der Waals surface area contributed by atoms with Crippen LogP contribution in [0.1, 0.15) is 27.9 Å². The molecular weight excluding hydrogens is 464 g/mol. The van der Waals surface area contributed by atoms with Crippen LogP contribution >= 0.6 is 0 Å². The van der Waals surface area contributed by atoms with E-state index in [1.54, 1.807) is 44.4 Å². The van der Waals surface area contributed by atoms with Crippen molar-refractivity contribution < 1.29 is 22.7 Å². The molecule has 1 heterocycles. The van der Waals surface area contributed by atoms with Gasteiger partial charge < -0.3 is 14.4 Å². The molecule has 0 saturated heterocycles. The summed E-state index contributed by atoms with van der Waals surface area (Å²) in [6, 6.07) is 19.5. The summed E-state index contributed by atoms with van der Waals surface area (Å²) in [7, 11) is 1.09. The van der Waals surface area contributed by atoms with Crippen LogP contribution in [-0.2, 0) is 22.9 Å². The van der Waals surface area contributed by atoms with E-state index in [1.807, 2.05) is 42.5 Å². The number of para-hydroxylation sites is 1. The summed E-state index contributed by atoms with van der Waals surface area (Å²) in [6.07, 6.45) is 2.23. The molecule has 0 unspecified atom stereocenters. The molecule has 0 aliphatic carbocycles. The van der Waals surface area contributed by atoms with Crippen molar-refractivity contribution in [3.05, 3.63) is 83.4 Å². The minimum absolute atomic E-state index is 0.119. The average molecular weight is 495 g/mol. The number of ether oxygens (including phenoxy) is 2.